The molecule has 1 saturated heterocycles. The van der Waals surface area contributed by atoms with Crippen LogP contribution in [0.25, 0.3) is 10.6 Å². The molecular formula is C18H22FN5OS2. The van der Waals surface area contributed by atoms with E-state index in [2.05, 4.69) is 20.3 Å². The van der Waals surface area contributed by atoms with E-state index in [4.69, 9.17) is 22.8 Å². The predicted octanol–water partition coefficient (Wildman–Crippen LogP) is 3.20. The first kappa shape index (κ1) is 19.7. The van der Waals surface area contributed by atoms with Gasteiger partial charge in [0.25, 0.3) is 0 Å². The average Bonchev–Trinajstić information content (AvgIpc) is 3.17. The summed E-state index contributed by atoms with van der Waals surface area (Å²) in [6, 6.07) is 3.65. The standard InChI is InChI=1S/C18H22FN5OS2/c19-17-15(4-5-16(23-17)24-8-2-1-3-9-24)18-22-13(12-27-18)6-7-21-25-14(10-20)11-26/h4-5,10-12,21H,1-3,6-9,20H2/b14-10+. The molecule has 1 fully saturated rings. The summed E-state index contributed by atoms with van der Waals surface area (Å²) in [4.78, 5) is 16.0. The largest absolute Gasteiger partial charge is 0.406 e. The molecule has 9 heteroatoms. The van der Waals surface area contributed by atoms with E-state index in [1.807, 2.05) is 11.4 Å². The normalized spacial score (nSPS) is 15.0. The van der Waals surface area contributed by atoms with Gasteiger partial charge in [0.05, 0.1) is 11.3 Å². The van der Waals surface area contributed by atoms with Gasteiger partial charge < -0.3 is 15.5 Å². The first-order chi connectivity index (χ1) is 13.2. The Balaban J connectivity index is 1.59. The molecule has 27 heavy (non-hydrogen) atoms. The summed E-state index contributed by atoms with van der Waals surface area (Å²) in [5.74, 6) is 0.612. The monoisotopic (exact) mass is 407 g/mol. The molecule has 0 aromatic carbocycles. The Hall–Kier alpha value is -2.10. The fraction of sp³-hybridized carbons (Fsp3) is 0.389. The molecule has 0 radical (unpaired) electrons. The van der Waals surface area contributed by atoms with Crippen molar-refractivity contribution in [1.82, 2.24) is 15.4 Å². The molecule has 144 valence electrons. The highest BCUT2D eigenvalue weighted by Gasteiger charge is 2.16. The summed E-state index contributed by atoms with van der Waals surface area (Å²) in [7, 11) is 0. The average molecular weight is 408 g/mol. The topological polar surface area (TPSA) is 76.3 Å². The third kappa shape index (κ3) is 5.21. The number of nitrogens with two attached hydrogens (primary N) is 1. The molecule has 2 aromatic rings. The summed E-state index contributed by atoms with van der Waals surface area (Å²) < 4.78 is 14.5. The maximum atomic E-state index is 14.5. The van der Waals surface area contributed by atoms with Crippen LogP contribution in [0, 0.1) is 5.95 Å². The molecule has 1 aliphatic heterocycles. The second-order valence-electron chi connectivity index (χ2n) is 6.13. The molecule has 3 heterocycles. The second kappa shape index (κ2) is 9.72. The molecule has 0 bridgehead atoms. The zero-order chi connectivity index (χ0) is 19.1. The number of aromatic nitrogens is 2. The Morgan fingerprint density at radius 1 is 1.33 bits per heavy atom. The molecule has 1 aliphatic rings. The van der Waals surface area contributed by atoms with Crippen LogP contribution in [0.5, 0.6) is 0 Å². The first-order valence-electron chi connectivity index (χ1n) is 8.84. The van der Waals surface area contributed by atoms with Crippen LogP contribution in [-0.4, -0.2) is 35.0 Å². The third-order valence-corrected chi connectivity index (χ3v) is 5.41. The summed E-state index contributed by atoms with van der Waals surface area (Å²) in [5.41, 5.74) is 9.39. The highest BCUT2D eigenvalue weighted by Crippen LogP contribution is 2.28. The maximum absolute atomic E-state index is 14.5. The van der Waals surface area contributed by atoms with Gasteiger partial charge in [-0.1, -0.05) is 12.2 Å². The quantitative estimate of drug-likeness (QED) is 0.174. The van der Waals surface area contributed by atoms with E-state index < -0.39 is 5.95 Å². The van der Waals surface area contributed by atoms with Crippen molar-refractivity contribution in [3.8, 4) is 10.6 Å². The van der Waals surface area contributed by atoms with E-state index in [1.165, 1.54) is 29.3 Å². The van der Waals surface area contributed by atoms with Gasteiger partial charge in [0.2, 0.25) is 5.95 Å². The Kier molecular flexibility index (Phi) is 7.08. The number of piperidine rings is 1. The minimum atomic E-state index is -0.473. The van der Waals surface area contributed by atoms with Gasteiger partial charge in [-0.2, -0.15) is 9.87 Å². The van der Waals surface area contributed by atoms with Crippen LogP contribution in [0.4, 0.5) is 10.2 Å². The van der Waals surface area contributed by atoms with Crippen molar-refractivity contribution in [2.24, 2.45) is 5.73 Å². The van der Waals surface area contributed by atoms with E-state index >= 15 is 0 Å². The Labute approximate surface area is 167 Å². The van der Waals surface area contributed by atoms with Crippen LogP contribution in [0.2, 0.25) is 0 Å². The van der Waals surface area contributed by atoms with Crippen LogP contribution in [0.15, 0.2) is 29.5 Å². The van der Waals surface area contributed by atoms with Gasteiger partial charge in [-0.3, -0.25) is 0 Å². The van der Waals surface area contributed by atoms with Crippen molar-refractivity contribution in [3.63, 3.8) is 0 Å². The lowest BCUT2D eigenvalue weighted by molar-refractivity contribution is 0.122. The van der Waals surface area contributed by atoms with Crippen LogP contribution in [0.1, 0.15) is 25.0 Å². The van der Waals surface area contributed by atoms with E-state index in [0.717, 1.165) is 31.6 Å². The number of allylic oxidation sites excluding steroid dienone is 1. The highest BCUT2D eigenvalue weighted by molar-refractivity contribution is 7.79. The van der Waals surface area contributed by atoms with Crippen molar-refractivity contribution in [1.29, 1.82) is 0 Å². The lowest BCUT2D eigenvalue weighted by Gasteiger charge is -2.27. The smallest absolute Gasteiger partial charge is 0.225 e. The van der Waals surface area contributed by atoms with Crippen LogP contribution >= 0.6 is 23.6 Å². The number of nitrogens with one attached hydrogen (secondary N) is 1. The highest BCUT2D eigenvalue weighted by atomic mass is 32.1. The van der Waals surface area contributed by atoms with Crippen molar-refractivity contribution in [2.45, 2.75) is 25.7 Å². The molecular weight excluding hydrogens is 385 g/mol. The van der Waals surface area contributed by atoms with Crippen LogP contribution < -0.4 is 16.1 Å². The first-order valence-corrected chi connectivity index (χ1v) is 10.2. The Bertz CT molecular complexity index is 805. The van der Waals surface area contributed by atoms with Gasteiger partial charge >= 0.3 is 0 Å². The minimum absolute atomic E-state index is 0.380. The zero-order valence-electron chi connectivity index (χ0n) is 14.9. The molecule has 0 unspecified atom stereocenters. The molecule has 0 saturated carbocycles. The van der Waals surface area contributed by atoms with Gasteiger partial charge in [-0.05, 0) is 31.4 Å². The third-order valence-electron chi connectivity index (χ3n) is 4.25. The number of rotatable bonds is 8. The minimum Gasteiger partial charge on any atom is -0.406 e. The SMILES string of the molecule is N/C=C(\C=S)ONCCc1csc(-c2ccc(N3CCCCC3)nc2F)n1. The maximum Gasteiger partial charge on any atom is 0.225 e. The van der Waals surface area contributed by atoms with E-state index in [1.54, 1.807) is 6.07 Å². The number of thiocarbonyl (C=S) groups is 1. The van der Waals surface area contributed by atoms with E-state index in [-0.39, 0.29) is 0 Å². The summed E-state index contributed by atoms with van der Waals surface area (Å²) in [5, 5.41) is 3.88. The van der Waals surface area contributed by atoms with E-state index in [0.29, 0.717) is 35.1 Å². The number of hydroxylamine groups is 1. The van der Waals surface area contributed by atoms with Gasteiger partial charge in [0, 0.05) is 43.0 Å². The van der Waals surface area contributed by atoms with Crippen molar-refractivity contribution < 1.29 is 9.23 Å². The number of halogens is 1. The molecule has 0 spiro atoms. The van der Waals surface area contributed by atoms with Crippen molar-refractivity contribution >= 4 is 34.7 Å². The Morgan fingerprint density at radius 2 is 2.15 bits per heavy atom. The number of anilines is 1. The van der Waals surface area contributed by atoms with Crippen molar-refractivity contribution in [3.05, 3.63) is 41.1 Å². The van der Waals surface area contributed by atoms with Gasteiger partial charge in [0.15, 0.2) is 5.76 Å². The fourth-order valence-electron chi connectivity index (χ4n) is 2.84. The molecule has 0 amide bonds. The van der Waals surface area contributed by atoms with Gasteiger partial charge in [-0.25, -0.2) is 9.97 Å². The number of hydrogen-bond donors (Lipinski definition) is 2. The second-order valence-corrected chi connectivity index (χ2v) is 7.23. The lowest BCUT2D eigenvalue weighted by atomic mass is 10.1. The molecule has 0 aliphatic carbocycles. The van der Waals surface area contributed by atoms with Gasteiger partial charge in [-0.15, -0.1) is 11.3 Å². The van der Waals surface area contributed by atoms with Gasteiger partial charge in [0.1, 0.15) is 10.8 Å². The predicted molar refractivity (Wildman–Crippen MR) is 110 cm³/mol. The summed E-state index contributed by atoms with van der Waals surface area (Å²) in [6.07, 6.45) is 5.41. The summed E-state index contributed by atoms with van der Waals surface area (Å²) in [6.45, 7) is 2.40. The van der Waals surface area contributed by atoms with Crippen LogP contribution in [0.3, 0.4) is 0 Å². The number of pyridine rings is 1. The van der Waals surface area contributed by atoms with Crippen LogP contribution in [-0.2, 0) is 11.3 Å². The number of thiazole rings is 1. The molecule has 0 atom stereocenters. The molecule has 3 rings (SSSR count). The fourth-order valence-corrected chi connectivity index (χ4v) is 3.83. The zero-order valence-corrected chi connectivity index (χ0v) is 16.5. The lowest BCUT2D eigenvalue weighted by Crippen LogP contribution is -2.30. The molecule has 2 aromatic heterocycles. The molecule has 3 N–H and O–H groups in total. The summed E-state index contributed by atoms with van der Waals surface area (Å²) >= 11 is 6.15. The number of nitrogens with zero attached hydrogens (tertiary/aromatic N) is 3. The molecule has 6 nitrogen and oxygen atoms in total. The Morgan fingerprint density at radius 3 is 2.85 bits per heavy atom. The van der Waals surface area contributed by atoms with Crippen molar-refractivity contribution in [2.75, 3.05) is 24.5 Å². The van der Waals surface area contributed by atoms with E-state index in [9.17, 15) is 4.39 Å². The number of hydrogen-bond acceptors (Lipinski definition) is 8.